The third-order valence-corrected chi connectivity index (χ3v) is 9.25. The van der Waals surface area contributed by atoms with Gasteiger partial charge in [-0.05, 0) is 54.7 Å². The third-order valence-electron chi connectivity index (χ3n) is 9.25. The number of pyridine rings is 2. The molecule has 0 aliphatic carbocycles. The summed E-state index contributed by atoms with van der Waals surface area (Å²) < 4.78 is 5.18. The van der Waals surface area contributed by atoms with Gasteiger partial charge in [0.05, 0.1) is 23.5 Å². The maximum absolute atomic E-state index is 4.95. The van der Waals surface area contributed by atoms with E-state index in [-0.39, 0.29) is 16.4 Å². The molecule has 4 heterocycles. The number of nitrogens with zero attached hydrogens (tertiary/aromatic N) is 3. The Morgan fingerprint density at radius 1 is 1.00 bits per heavy atom. The van der Waals surface area contributed by atoms with E-state index in [4.69, 9.17) is 4.98 Å². The van der Waals surface area contributed by atoms with E-state index < -0.39 is 0 Å². The zero-order valence-electron chi connectivity index (χ0n) is 22.5. The average molecular weight is 457 g/mol. The van der Waals surface area contributed by atoms with E-state index >= 15 is 0 Å². The van der Waals surface area contributed by atoms with Crippen molar-refractivity contribution in [2.24, 2.45) is 0 Å². The average Bonchev–Trinajstić information content (AvgIpc) is 3.17. The van der Waals surface area contributed by atoms with Gasteiger partial charge in [0, 0.05) is 16.9 Å². The molecule has 0 saturated heterocycles. The topological polar surface area (TPSA) is 21.2 Å². The van der Waals surface area contributed by atoms with Gasteiger partial charge in [0.2, 0.25) is 0 Å². The van der Waals surface area contributed by atoms with Crippen LogP contribution in [0.1, 0.15) is 104 Å². The second-order valence-corrected chi connectivity index (χ2v) is 11.7. The molecule has 1 unspecified atom stereocenters. The Morgan fingerprint density at radius 2 is 1.74 bits per heavy atom. The van der Waals surface area contributed by atoms with Crippen LogP contribution in [0.5, 0.6) is 0 Å². The molecule has 1 aromatic carbocycles. The molecule has 0 fully saturated rings. The van der Waals surface area contributed by atoms with E-state index in [0.717, 1.165) is 31.4 Å². The van der Waals surface area contributed by atoms with Gasteiger partial charge in [-0.15, -0.1) is 0 Å². The number of aromatic nitrogens is 3. The van der Waals surface area contributed by atoms with Gasteiger partial charge in [-0.2, -0.15) is 4.40 Å². The summed E-state index contributed by atoms with van der Waals surface area (Å²) in [5, 5.41) is 2.91. The highest BCUT2D eigenvalue weighted by molar-refractivity contribution is 6.01. The van der Waals surface area contributed by atoms with Crippen molar-refractivity contribution < 1.29 is 4.57 Å². The fourth-order valence-electron chi connectivity index (χ4n) is 7.02. The minimum Gasteiger partial charge on any atom is -0.256 e. The summed E-state index contributed by atoms with van der Waals surface area (Å²) in [5.74, 6) is 0. The summed E-state index contributed by atoms with van der Waals surface area (Å²) in [4.78, 5) is 4.95. The van der Waals surface area contributed by atoms with Crippen LogP contribution in [0, 0.1) is 0 Å². The molecule has 3 aromatic heterocycles. The molecule has 180 valence electrons. The highest BCUT2D eigenvalue weighted by Gasteiger charge is 2.56. The van der Waals surface area contributed by atoms with Crippen molar-refractivity contribution in [2.75, 3.05) is 0 Å². The Bertz CT molecular complexity index is 1400. The van der Waals surface area contributed by atoms with Crippen LogP contribution in [-0.2, 0) is 22.8 Å². The second-order valence-electron chi connectivity index (χ2n) is 11.7. The zero-order chi connectivity index (χ0) is 24.5. The molecule has 0 spiro atoms. The number of benzene rings is 1. The summed E-state index contributed by atoms with van der Waals surface area (Å²) in [7, 11) is 0. The van der Waals surface area contributed by atoms with Gasteiger partial charge in [-0.1, -0.05) is 73.9 Å². The number of rotatable bonds is 6. The molecule has 1 aliphatic heterocycles. The van der Waals surface area contributed by atoms with Crippen molar-refractivity contribution in [3.05, 3.63) is 53.5 Å². The molecule has 3 heteroatoms. The lowest BCUT2D eigenvalue weighted by molar-refractivity contribution is -0.733. The van der Waals surface area contributed by atoms with Crippen molar-refractivity contribution in [3.8, 4) is 0 Å². The molecular weight excluding hydrogens is 414 g/mol. The van der Waals surface area contributed by atoms with Gasteiger partial charge >= 0.3 is 0 Å². The number of unbranched alkanes of at least 4 members (excludes halogenated alkanes) is 1. The smallest absolute Gasteiger partial charge is 0.256 e. The number of fused-ring (bicyclic) bond motifs is 3. The lowest BCUT2D eigenvalue weighted by Gasteiger charge is -2.48. The maximum atomic E-state index is 4.95. The van der Waals surface area contributed by atoms with Gasteiger partial charge < -0.3 is 0 Å². The van der Waals surface area contributed by atoms with Crippen molar-refractivity contribution in [1.29, 1.82) is 0 Å². The lowest BCUT2D eigenvalue weighted by atomic mass is 9.59. The van der Waals surface area contributed by atoms with Crippen molar-refractivity contribution in [3.63, 3.8) is 0 Å². The first-order valence-electron chi connectivity index (χ1n) is 13.5. The molecule has 0 saturated carbocycles. The van der Waals surface area contributed by atoms with Crippen molar-refractivity contribution >= 4 is 27.5 Å². The van der Waals surface area contributed by atoms with Gasteiger partial charge in [0.25, 0.3) is 5.65 Å². The standard InChI is InChI=1S/C31H42N3/c1-9-13-14-21-15-16-23-27-22(21)17-18-33-25-20-32-26(29(5,6)7)19-24(25)34(28(27)33)31(11-3,12-4)30(23,8)10-2/h15-20H,9-14H2,1-8H3/q+1. The molecule has 3 nitrogen and oxygen atoms in total. The quantitative estimate of drug-likeness (QED) is 0.272. The largest absolute Gasteiger partial charge is 0.296 e. The fourth-order valence-corrected chi connectivity index (χ4v) is 7.02. The maximum Gasteiger partial charge on any atom is 0.296 e. The normalized spacial score (nSPS) is 19.6. The first-order valence-corrected chi connectivity index (χ1v) is 13.5. The summed E-state index contributed by atoms with van der Waals surface area (Å²) >= 11 is 0. The Morgan fingerprint density at radius 3 is 2.35 bits per heavy atom. The monoisotopic (exact) mass is 456 g/mol. The Labute approximate surface area is 205 Å². The van der Waals surface area contributed by atoms with Crippen LogP contribution in [-0.4, -0.2) is 9.38 Å². The molecular formula is C31H42N3+. The second kappa shape index (κ2) is 7.80. The first kappa shape index (κ1) is 23.3. The number of hydrogen-bond acceptors (Lipinski definition) is 1. The molecule has 1 atom stereocenters. The summed E-state index contributed by atoms with van der Waals surface area (Å²) in [6.07, 6.45) is 11.4. The predicted molar refractivity (Wildman–Crippen MR) is 144 cm³/mol. The minimum atomic E-state index is 0.0114. The molecule has 1 aliphatic rings. The SMILES string of the molecule is CCCCc1ccc2c3c1ccn1c4cnc(C(C)(C)C)cc4[n+](c31)C(CC)(CC)C2(C)CC. The van der Waals surface area contributed by atoms with Crippen LogP contribution in [0.2, 0.25) is 0 Å². The van der Waals surface area contributed by atoms with Crippen LogP contribution in [0.15, 0.2) is 36.7 Å². The van der Waals surface area contributed by atoms with Crippen LogP contribution in [0.3, 0.4) is 0 Å². The molecule has 5 rings (SSSR count). The van der Waals surface area contributed by atoms with Crippen molar-refractivity contribution in [2.45, 2.75) is 110 Å². The molecule has 34 heavy (non-hydrogen) atoms. The van der Waals surface area contributed by atoms with Gasteiger partial charge in [-0.3, -0.25) is 4.98 Å². The molecule has 0 N–H and O–H groups in total. The number of aryl methyl sites for hydroxylation is 1. The summed E-state index contributed by atoms with van der Waals surface area (Å²) in [5.41, 5.74) is 8.19. The van der Waals surface area contributed by atoms with E-state index in [1.807, 2.05) is 0 Å². The van der Waals surface area contributed by atoms with Crippen LogP contribution in [0.25, 0.3) is 27.5 Å². The Balaban J connectivity index is 2.04. The molecule has 0 radical (unpaired) electrons. The van der Waals surface area contributed by atoms with Crippen LogP contribution >= 0.6 is 0 Å². The number of hydrogen-bond donors (Lipinski definition) is 0. The van der Waals surface area contributed by atoms with Gasteiger partial charge in [0.15, 0.2) is 11.0 Å². The van der Waals surface area contributed by atoms with E-state index in [1.54, 1.807) is 0 Å². The molecule has 0 amide bonds. The Kier molecular flexibility index (Phi) is 5.35. The predicted octanol–water partition coefficient (Wildman–Crippen LogP) is 7.76. The third kappa shape index (κ3) is 2.82. The van der Waals surface area contributed by atoms with Crippen molar-refractivity contribution in [1.82, 2.24) is 9.38 Å². The van der Waals surface area contributed by atoms with E-state index in [1.165, 1.54) is 51.4 Å². The van der Waals surface area contributed by atoms with E-state index in [2.05, 4.69) is 101 Å². The van der Waals surface area contributed by atoms with Crippen LogP contribution in [0.4, 0.5) is 0 Å². The number of imidazole rings is 1. The lowest BCUT2D eigenvalue weighted by Crippen LogP contribution is -2.67. The van der Waals surface area contributed by atoms with Gasteiger partial charge in [0.1, 0.15) is 5.54 Å². The first-order chi connectivity index (χ1) is 16.2. The minimum absolute atomic E-state index is 0.0114. The Hall–Kier alpha value is -2.42. The zero-order valence-corrected chi connectivity index (χ0v) is 22.5. The highest BCUT2D eigenvalue weighted by Crippen LogP contribution is 2.52. The fraction of sp³-hybridized carbons (Fsp3) is 0.548. The van der Waals surface area contributed by atoms with Gasteiger partial charge in [-0.25, -0.2) is 4.57 Å². The molecule has 4 aromatic rings. The van der Waals surface area contributed by atoms with E-state index in [9.17, 15) is 0 Å². The summed E-state index contributed by atoms with van der Waals surface area (Å²) in [6, 6.07) is 9.68. The van der Waals surface area contributed by atoms with Crippen LogP contribution < -0.4 is 4.57 Å². The highest BCUT2D eigenvalue weighted by atomic mass is 15.2. The molecule has 0 bridgehead atoms. The van der Waals surface area contributed by atoms with E-state index in [0.29, 0.717) is 0 Å². The summed E-state index contributed by atoms with van der Waals surface area (Å²) in [6.45, 7) is 18.8.